The highest BCUT2D eigenvalue weighted by atomic mass is 32.1. The van der Waals surface area contributed by atoms with Crippen LogP contribution in [0.3, 0.4) is 0 Å². The molecule has 3 aromatic rings. The van der Waals surface area contributed by atoms with Gasteiger partial charge in [-0.3, -0.25) is 4.79 Å². The van der Waals surface area contributed by atoms with Crippen LogP contribution in [0, 0.1) is 6.92 Å². The number of carbonyl (C=O) groups excluding carboxylic acids is 1. The molecule has 0 unspecified atom stereocenters. The molecule has 0 saturated heterocycles. The number of thiazole rings is 1. The summed E-state index contributed by atoms with van der Waals surface area (Å²) in [6, 6.07) is 10.4. The normalized spacial score (nSPS) is 14.8. The van der Waals surface area contributed by atoms with Crippen LogP contribution in [0.15, 0.2) is 30.3 Å². The molecule has 1 aromatic carbocycles. The molecule has 2 heterocycles. The molecule has 2 aromatic heterocycles. The Labute approximate surface area is 156 Å². The Balaban J connectivity index is 1.54. The number of amides is 1. The fraction of sp³-hybridized carbons (Fsp3) is 0.421. The Morgan fingerprint density at radius 1 is 1.31 bits per heavy atom. The Morgan fingerprint density at radius 2 is 2.04 bits per heavy atom. The van der Waals surface area contributed by atoms with Gasteiger partial charge in [0, 0.05) is 13.1 Å². The predicted octanol–water partition coefficient (Wildman–Crippen LogP) is 3.29. The van der Waals surface area contributed by atoms with Gasteiger partial charge in [0.1, 0.15) is 0 Å². The van der Waals surface area contributed by atoms with Crippen LogP contribution in [-0.4, -0.2) is 40.3 Å². The molecule has 26 heavy (non-hydrogen) atoms. The molecule has 136 valence electrons. The lowest BCUT2D eigenvalue weighted by atomic mass is 10.2. The van der Waals surface area contributed by atoms with E-state index < -0.39 is 0 Å². The van der Waals surface area contributed by atoms with Crippen LogP contribution in [0.1, 0.15) is 31.4 Å². The second kappa shape index (κ2) is 7.07. The molecule has 1 amide bonds. The standard InChI is InChI=1S/C19H23N5OS/c1-13-17-18(24(22-13)15-10-4-3-5-11-15)21-19(26-17)23(2)12-16(25)20-14-8-6-7-9-14/h3-5,10-11,14H,6-9,12H2,1-2H3,(H,20,25). The van der Waals surface area contributed by atoms with E-state index in [-0.39, 0.29) is 5.91 Å². The molecule has 1 N–H and O–H groups in total. The number of carbonyl (C=O) groups is 1. The van der Waals surface area contributed by atoms with Gasteiger partial charge in [-0.1, -0.05) is 42.4 Å². The minimum absolute atomic E-state index is 0.0695. The predicted molar refractivity (Wildman–Crippen MR) is 105 cm³/mol. The molecular formula is C19H23N5OS. The zero-order chi connectivity index (χ0) is 18.1. The molecular weight excluding hydrogens is 346 g/mol. The van der Waals surface area contributed by atoms with Crippen LogP contribution in [-0.2, 0) is 4.79 Å². The Bertz CT molecular complexity index is 911. The fourth-order valence-corrected chi connectivity index (χ4v) is 4.41. The van der Waals surface area contributed by atoms with Gasteiger partial charge in [-0.2, -0.15) is 10.1 Å². The number of para-hydroxylation sites is 1. The van der Waals surface area contributed by atoms with E-state index in [0.29, 0.717) is 12.6 Å². The first kappa shape index (κ1) is 17.0. The molecule has 1 saturated carbocycles. The number of anilines is 1. The Hall–Kier alpha value is -2.41. The van der Waals surface area contributed by atoms with E-state index >= 15 is 0 Å². The van der Waals surface area contributed by atoms with Crippen molar-refractivity contribution in [1.29, 1.82) is 0 Å². The van der Waals surface area contributed by atoms with E-state index in [1.807, 2.05) is 53.9 Å². The minimum atomic E-state index is 0.0695. The van der Waals surface area contributed by atoms with Crippen molar-refractivity contribution in [2.75, 3.05) is 18.5 Å². The fourth-order valence-electron chi connectivity index (χ4n) is 3.46. The summed E-state index contributed by atoms with van der Waals surface area (Å²) < 4.78 is 2.93. The maximum Gasteiger partial charge on any atom is 0.239 e. The van der Waals surface area contributed by atoms with Crippen molar-refractivity contribution in [1.82, 2.24) is 20.1 Å². The number of nitrogens with one attached hydrogen (secondary N) is 1. The highest BCUT2D eigenvalue weighted by Gasteiger charge is 2.20. The van der Waals surface area contributed by atoms with Crippen LogP contribution in [0.2, 0.25) is 0 Å². The second-order valence-corrected chi connectivity index (χ2v) is 7.86. The smallest absolute Gasteiger partial charge is 0.239 e. The summed E-state index contributed by atoms with van der Waals surface area (Å²) in [4.78, 5) is 19.0. The number of likely N-dealkylation sites (N-methyl/N-ethyl adjacent to an activating group) is 1. The van der Waals surface area contributed by atoms with Crippen molar-refractivity contribution in [2.24, 2.45) is 0 Å². The second-order valence-electron chi connectivity index (χ2n) is 6.89. The minimum Gasteiger partial charge on any atom is -0.352 e. The lowest BCUT2D eigenvalue weighted by Gasteiger charge is -2.17. The monoisotopic (exact) mass is 369 g/mol. The highest BCUT2D eigenvalue weighted by Crippen LogP contribution is 2.31. The first-order valence-electron chi connectivity index (χ1n) is 9.04. The molecule has 0 atom stereocenters. The molecule has 0 aliphatic heterocycles. The molecule has 7 heteroatoms. The summed E-state index contributed by atoms with van der Waals surface area (Å²) in [7, 11) is 1.92. The lowest BCUT2D eigenvalue weighted by molar-refractivity contribution is -0.120. The molecule has 0 spiro atoms. The average Bonchev–Trinajstić information content (AvgIpc) is 3.34. The van der Waals surface area contributed by atoms with Gasteiger partial charge >= 0.3 is 0 Å². The number of hydrogen-bond acceptors (Lipinski definition) is 5. The van der Waals surface area contributed by atoms with Crippen LogP contribution in [0.5, 0.6) is 0 Å². The van der Waals surface area contributed by atoms with E-state index in [1.54, 1.807) is 11.3 Å². The first-order valence-corrected chi connectivity index (χ1v) is 9.85. The number of rotatable bonds is 5. The van der Waals surface area contributed by atoms with Gasteiger partial charge in [0.2, 0.25) is 5.91 Å². The summed E-state index contributed by atoms with van der Waals surface area (Å²) in [6.07, 6.45) is 4.63. The SMILES string of the molecule is Cc1nn(-c2ccccc2)c2nc(N(C)CC(=O)NC3CCCC3)sc12. The Kier molecular flexibility index (Phi) is 4.63. The third-order valence-corrected chi connectivity index (χ3v) is 6.07. The summed E-state index contributed by atoms with van der Waals surface area (Å²) in [5, 5.41) is 8.59. The van der Waals surface area contributed by atoms with Gasteiger partial charge in [-0.15, -0.1) is 0 Å². The van der Waals surface area contributed by atoms with E-state index in [9.17, 15) is 4.79 Å². The average molecular weight is 369 g/mol. The zero-order valence-corrected chi connectivity index (χ0v) is 15.9. The molecule has 4 rings (SSSR count). The summed E-state index contributed by atoms with van der Waals surface area (Å²) in [6.45, 7) is 2.32. The van der Waals surface area contributed by atoms with Gasteiger partial charge in [-0.25, -0.2) is 4.68 Å². The van der Waals surface area contributed by atoms with Crippen molar-refractivity contribution in [3.05, 3.63) is 36.0 Å². The van der Waals surface area contributed by atoms with Crippen LogP contribution >= 0.6 is 11.3 Å². The number of fused-ring (bicyclic) bond motifs is 1. The Morgan fingerprint density at radius 3 is 2.77 bits per heavy atom. The van der Waals surface area contributed by atoms with Crippen molar-refractivity contribution in [3.8, 4) is 5.69 Å². The quantitative estimate of drug-likeness (QED) is 0.750. The number of nitrogens with zero attached hydrogens (tertiary/aromatic N) is 4. The third kappa shape index (κ3) is 3.31. The largest absolute Gasteiger partial charge is 0.352 e. The summed E-state index contributed by atoms with van der Waals surface area (Å²) in [5.41, 5.74) is 2.79. The number of aromatic nitrogens is 3. The van der Waals surface area contributed by atoms with Gasteiger partial charge < -0.3 is 10.2 Å². The maximum atomic E-state index is 12.3. The van der Waals surface area contributed by atoms with Crippen LogP contribution in [0.4, 0.5) is 5.13 Å². The third-order valence-electron chi connectivity index (χ3n) is 4.81. The maximum absolute atomic E-state index is 12.3. The number of benzene rings is 1. The molecule has 6 nitrogen and oxygen atoms in total. The van der Waals surface area contributed by atoms with E-state index in [1.165, 1.54) is 12.8 Å². The topological polar surface area (TPSA) is 63.1 Å². The lowest BCUT2D eigenvalue weighted by Crippen LogP contribution is -2.39. The zero-order valence-electron chi connectivity index (χ0n) is 15.1. The molecule has 1 aliphatic carbocycles. The van der Waals surface area contributed by atoms with Gasteiger partial charge in [0.25, 0.3) is 0 Å². The van der Waals surface area contributed by atoms with E-state index in [4.69, 9.17) is 4.98 Å². The van der Waals surface area contributed by atoms with Crippen LogP contribution < -0.4 is 10.2 Å². The highest BCUT2D eigenvalue weighted by molar-refractivity contribution is 7.22. The molecule has 1 aliphatic rings. The van der Waals surface area contributed by atoms with Crippen molar-refractivity contribution in [3.63, 3.8) is 0 Å². The number of aryl methyl sites for hydroxylation is 1. The summed E-state index contributed by atoms with van der Waals surface area (Å²) >= 11 is 1.58. The summed E-state index contributed by atoms with van der Waals surface area (Å²) in [5.74, 6) is 0.0695. The van der Waals surface area contributed by atoms with Crippen molar-refractivity contribution in [2.45, 2.75) is 38.6 Å². The van der Waals surface area contributed by atoms with E-state index in [2.05, 4.69) is 10.4 Å². The van der Waals surface area contributed by atoms with Crippen molar-refractivity contribution < 1.29 is 4.79 Å². The van der Waals surface area contributed by atoms with Crippen molar-refractivity contribution >= 4 is 32.7 Å². The van der Waals surface area contributed by atoms with Gasteiger partial charge in [0.05, 0.1) is 22.6 Å². The van der Waals surface area contributed by atoms with Crippen LogP contribution in [0.25, 0.3) is 16.0 Å². The first-order chi connectivity index (χ1) is 12.6. The van der Waals surface area contributed by atoms with Gasteiger partial charge in [0.15, 0.2) is 10.8 Å². The van der Waals surface area contributed by atoms with E-state index in [0.717, 1.165) is 39.7 Å². The molecule has 1 fully saturated rings. The molecule has 0 radical (unpaired) electrons. The van der Waals surface area contributed by atoms with Gasteiger partial charge in [-0.05, 0) is 31.9 Å². The number of hydrogen-bond donors (Lipinski definition) is 1. The molecule has 0 bridgehead atoms.